The number of carbonyl (C=O) groups is 2. The lowest BCUT2D eigenvalue weighted by Crippen LogP contribution is -2.24. The van der Waals surface area contributed by atoms with Crippen molar-refractivity contribution in [2.75, 3.05) is 13.2 Å². The first-order valence-corrected chi connectivity index (χ1v) is 4.20. The van der Waals surface area contributed by atoms with E-state index in [1.807, 2.05) is 0 Å². The minimum atomic E-state index is -0.453. The van der Waals surface area contributed by atoms with Gasteiger partial charge in [0.15, 0.2) is 6.10 Å². The van der Waals surface area contributed by atoms with Gasteiger partial charge >= 0.3 is 12.1 Å². The number of hydrogen-bond donors (Lipinski definition) is 1. The van der Waals surface area contributed by atoms with Crippen LogP contribution >= 0.6 is 0 Å². The molecule has 1 atom stereocenters. The highest BCUT2D eigenvalue weighted by Gasteiger charge is 2.24. The summed E-state index contributed by atoms with van der Waals surface area (Å²) >= 11 is 0. The predicted molar refractivity (Wildman–Crippen MR) is 44.1 cm³/mol. The fraction of sp³-hybridized carbons (Fsp3) is 0.750. The lowest BCUT2D eigenvalue weighted by molar-refractivity contribution is -0.149. The van der Waals surface area contributed by atoms with Crippen molar-refractivity contribution < 1.29 is 19.1 Å². The van der Waals surface area contributed by atoms with Crippen LogP contribution < -0.4 is 5.32 Å². The molecule has 1 rings (SSSR count). The number of hydrogen-bond acceptors (Lipinski definition) is 4. The van der Waals surface area contributed by atoms with Crippen LogP contribution in [0.2, 0.25) is 0 Å². The van der Waals surface area contributed by atoms with Gasteiger partial charge in [0, 0.05) is 0 Å². The monoisotopic (exact) mass is 187 g/mol. The number of nitrogens with one attached hydrogen (secondary N) is 1. The molecule has 13 heavy (non-hydrogen) atoms. The molecule has 1 aliphatic rings. The molecule has 5 heteroatoms. The van der Waals surface area contributed by atoms with Crippen molar-refractivity contribution >= 4 is 12.1 Å². The van der Waals surface area contributed by atoms with Crippen LogP contribution in [0.25, 0.3) is 0 Å². The molecular formula is C8H13NO4. The fourth-order valence-electron chi connectivity index (χ4n) is 0.867. The third-order valence-electron chi connectivity index (χ3n) is 1.63. The van der Waals surface area contributed by atoms with Gasteiger partial charge in [0.1, 0.15) is 6.61 Å². The number of rotatable bonds is 3. The zero-order valence-electron chi connectivity index (χ0n) is 7.70. The molecule has 0 spiro atoms. The molecule has 0 aliphatic carbocycles. The van der Waals surface area contributed by atoms with Gasteiger partial charge in [-0.2, -0.15) is 0 Å². The first-order chi connectivity index (χ1) is 6.09. The number of esters is 1. The Hall–Kier alpha value is -1.26. The van der Waals surface area contributed by atoms with E-state index in [0.29, 0.717) is 6.54 Å². The Morgan fingerprint density at radius 3 is 2.92 bits per heavy atom. The maximum Gasteiger partial charge on any atom is 0.407 e. The molecule has 1 unspecified atom stereocenters. The summed E-state index contributed by atoms with van der Waals surface area (Å²) in [6.45, 7) is 4.04. The van der Waals surface area contributed by atoms with Crippen LogP contribution in [-0.4, -0.2) is 31.3 Å². The molecule has 5 nitrogen and oxygen atoms in total. The molecule has 0 aromatic rings. The lowest BCUT2D eigenvalue weighted by Gasteiger charge is -2.10. The maximum absolute atomic E-state index is 11.0. The molecule has 0 bridgehead atoms. The van der Waals surface area contributed by atoms with E-state index in [2.05, 4.69) is 5.32 Å². The Kier molecular flexibility index (Phi) is 3.11. The van der Waals surface area contributed by atoms with Crippen molar-refractivity contribution in [1.29, 1.82) is 0 Å². The van der Waals surface area contributed by atoms with Gasteiger partial charge in [-0.25, -0.2) is 4.79 Å². The second kappa shape index (κ2) is 4.11. The SMILES string of the molecule is CC(C)C(=O)OCC1CNC(=O)O1. The first-order valence-electron chi connectivity index (χ1n) is 4.20. The highest BCUT2D eigenvalue weighted by molar-refractivity contribution is 5.72. The van der Waals surface area contributed by atoms with Crippen LogP contribution in [0.5, 0.6) is 0 Å². The van der Waals surface area contributed by atoms with Gasteiger partial charge in [-0.1, -0.05) is 13.8 Å². The summed E-state index contributed by atoms with van der Waals surface area (Å²) in [7, 11) is 0. The zero-order chi connectivity index (χ0) is 9.84. The van der Waals surface area contributed by atoms with E-state index in [-0.39, 0.29) is 24.6 Å². The van der Waals surface area contributed by atoms with Crippen LogP contribution in [0.15, 0.2) is 0 Å². The van der Waals surface area contributed by atoms with Crippen molar-refractivity contribution in [2.24, 2.45) is 5.92 Å². The molecule has 1 fully saturated rings. The molecule has 1 saturated heterocycles. The van der Waals surface area contributed by atoms with Gasteiger partial charge in [-0.15, -0.1) is 0 Å². The standard InChI is InChI=1S/C8H13NO4/c1-5(2)7(10)12-4-6-3-9-8(11)13-6/h5-6H,3-4H2,1-2H3,(H,9,11). The van der Waals surface area contributed by atoms with E-state index in [1.165, 1.54) is 0 Å². The van der Waals surface area contributed by atoms with Crippen molar-refractivity contribution in [3.05, 3.63) is 0 Å². The Bertz CT molecular complexity index is 214. The maximum atomic E-state index is 11.0. The summed E-state index contributed by atoms with van der Waals surface area (Å²) in [6.07, 6.45) is -0.791. The van der Waals surface area contributed by atoms with Gasteiger partial charge in [-0.3, -0.25) is 4.79 Å². The minimum Gasteiger partial charge on any atom is -0.461 e. The smallest absolute Gasteiger partial charge is 0.407 e. The Labute approximate surface area is 76.4 Å². The zero-order valence-corrected chi connectivity index (χ0v) is 7.70. The molecule has 1 aliphatic heterocycles. The summed E-state index contributed by atoms with van der Waals surface area (Å²) in [5.41, 5.74) is 0. The molecule has 0 aromatic heterocycles. The lowest BCUT2D eigenvalue weighted by atomic mass is 10.2. The van der Waals surface area contributed by atoms with Crippen LogP contribution in [-0.2, 0) is 14.3 Å². The van der Waals surface area contributed by atoms with E-state index >= 15 is 0 Å². The van der Waals surface area contributed by atoms with E-state index in [0.717, 1.165) is 0 Å². The van der Waals surface area contributed by atoms with E-state index in [1.54, 1.807) is 13.8 Å². The van der Waals surface area contributed by atoms with Crippen molar-refractivity contribution in [3.8, 4) is 0 Å². The van der Waals surface area contributed by atoms with Gasteiger partial charge in [0.2, 0.25) is 0 Å². The van der Waals surface area contributed by atoms with Crippen LogP contribution in [0.3, 0.4) is 0 Å². The number of alkyl carbamates (subject to hydrolysis) is 1. The third-order valence-corrected chi connectivity index (χ3v) is 1.63. The van der Waals surface area contributed by atoms with E-state index < -0.39 is 6.09 Å². The topological polar surface area (TPSA) is 64.6 Å². The average Bonchev–Trinajstić information content (AvgIpc) is 2.47. The van der Waals surface area contributed by atoms with Crippen molar-refractivity contribution in [3.63, 3.8) is 0 Å². The Balaban J connectivity index is 2.19. The molecule has 0 saturated carbocycles. The fourth-order valence-corrected chi connectivity index (χ4v) is 0.867. The van der Waals surface area contributed by atoms with Gasteiger partial charge in [0.25, 0.3) is 0 Å². The van der Waals surface area contributed by atoms with E-state index in [4.69, 9.17) is 9.47 Å². The molecule has 74 valence electrons. The molecule has 1 N–H and O–H groups in total. The number of cyclic esters (lactones) is 1. The van der Waals surface area contributed by atoms with Crippen LogP contribution in [0, 0.1) is 5.92 Å². The quantitative estimate of drug-likeness (QED) is 0.645. The largest absolute Gasteiger partial charge is 0.461 e. The predicted octanol–water partition coefficient (Wildman–Crippen LogP) is 0.294. The molecule has 1 amide bonds. The highest BCUT2D eigenvalue weighted by Crippen LogP contribution is 2.02. The number of ether oxygens (including phenoxy) is 2. The van der Waals surface area contributed by atoms with Gasteiger partial charge < -0.3 is 14.8 Å². The summed E-state index contributed by atoms with van der Waals surface area (Å²) in [4.78, 5) is 21.6. The second-order valence-electron chi connectivity index (χ2n) is 3.19. The summed E-state index contributed by atoms with van der Waals surface area (Å²) in [6, 6.07) is 0. The molecule has 0 radical (unpaired) electrons. The molecule has 0 aromatic carbocycles. The van der Waals surface area contributed by atoms with Gasteiger partial charge in [0.05, 0.1) is 12.5 Å². The van der Waals surface area contributed by atoms with Gasteiger partial charge in [-0.05, 0) is 0 Å². The number of amides is 1. The Morgan fingerprint density at radius 2 is 2.46 bits per heavy atom. The Morgan fingerprint density at radius 1 is 1.77 bits per heavy atom. The van der Waals surface area contributed by atoms with Crippen molar-refractivity contribution in [2.45, 2.75) is 20.0 Å². The van der Waals surface area contributed by atoms with Crippen LogP contribution in [0.4, 0.5) is 4.79 Å². The normalized spacial score (nSPS) is 21.2. The third kappa shape index (κ3) is 2.93. The summed E-state index contributed by atoms with van der Waals surface area (Å²) in [5.74, 6) is -0.423. The van der Waals surface area contributed by atoms with Crippen LogP contribution in [0.1, 0.15) is 13.8 Å². The molecule has 1 heterocycles. The van der Waals surface area contributed by atoms with E-state index in [9.17, 15) is 9.59 Å². The summed E-state index contributed by atoms with van der Waals surface area (Å²) in [5, 5.41) is 2.47. The first kappa shape index (κ1) is 9.83. The minimum absolute atomic E-state index is 0.135. The van der Waals surface area contributed by atoms with Crippen molar-refractivity contribution in [1.82, 2.24) is 5.32 Å². The summed E-state index contributed by atoms with van der Waals surface area (Å²) < 4.78 is 9.64. The second-order valence-corrected chi connectivity index (χ2v) is 3.19. The number of carbonyl (C=O) groups excluding carboxylic acids is 2. The molecular weight excluding hydrogens is 174 g/mol. The highest BCUT2D eigenvalue weighted by atomic mass is 16.6. The average molecular weight is 187 g/mol.